The number of amides is 1. The maximum absolute atomic E-state index is 12.8. The minimum absolute atomic E-state index is 0.0947. The second kappa shape index (κ2) is 6.12. The van der Waals surface area contributed by atoms with Crippen LogP contribution >= 0.6 is 11.6 Å². The van der Waals surface area contributed by atoms with E-state index in [-0.39, 0.29) is 11.9 Å². The summed E-state index contributed by atoms with van der Waals surface area (Å²) >= 11 is 6.21. The van der Waals surface area contributed by atoms with Gasteiger partial charge in [-0.3, -0.25) is 4.79 Å². The van der Waals surface area contributed by atoms with Gasteiger partial charge in [-0.15, -0.1) is 0 Å². The molecule has 1 aromatic rings. The molecule has 3 aliphatic heterocycles. The summed E-state index contributed by atoms with van der Waals surface area (Å²) in [5.41, 5.74) is 7.94. The number of hydrogen-bond acceptors (Lipinski definition) is 4. The molecule has 2 bridgehead atoms. The molecule has 0 radical (unpaired) electrons. The van der Waals surface area contributed by atoms with E-state index in [1.165, 1.54) is 19.3 Å². The molecule has 0 saturated carbocycles. The third kappa shape index (κ3) is 2.64. The van der Waals surface area contributed by atoms with Crippen LogP contribution in [0.5, 0.6) is 5.75 Å². The lowest BCUT2D eigenvalue weighted by Gasteiger charge is -2.47. The molecular formula is C18H24ClN3O2. The molecule has 3 atom stereocenters. The highest BCUT2D eigenvalue weighted by atomic mass is 35.5. The molecule has 4 rings (SSSR count). The first-order chi connectivity index (χ1) is 11.5. The fourth-order valence-electron chi connectivity index (χ4n) is 4.53. The number of ether oxygens (including phenoxy) is 1. The van der Waals surface area contributed by atoms with Crippen LogP contribution in [-0.4, -0.2) is 42.6 Å². The van der Waals surface area contributed by atoms with Crippen LogP contribution in [0.3, 0.4) is 0 Å². The predicted molar refractivity (Wildman–Crippen MR) is 94.7 cm³/mol. The third-order valence-corrected chi connectivity index (χ3v) is 6.20. The Kier molecular flexibility index (Phi) is 4.09. The topological polar surface area (TPSA) is 67.6 Å². The summed E-state index contributed by atoms with van der Waals surface area (Å²) in [6, 6.07) is 3.03. The van der Waals surface area contributed by atoms with Crippen molar-refractivity contribution >= 4 is 23.2 Å². The van der Waals surface area contributed by atoms with Crippen molar-refractivity contribution in [3.63, 3.8) is 0 Å². The highest BCUT2D eigenvalue weighted by molar-refractivity contribution is 6.33. The Bertz CT molecular complexity index is 665. The minimum atomic E-state index is -0.0947. The molecule has 0 aromatic heterocycles. The highest BCUT2D eigenvalue weighted by Gasteiger charge is 2.37. The molecule has 3 N–H and O–H groups in total. The van der Waals surface area contributed by atoms with Gasteiger partial charge in [0, 0.05) is 30.1 Å². The van der Waals surface area contributed by atoms with Crippen molar-refractivity contribution in [1.82, 2.24) is 10.2 Å². The lowest BCUT2D eigenvalue weighted by atomic mass is 9.82. The van der Waals surface area contributed by atoms with E-state index in [1.54, 1.807) is 6.07 Å². The fourth-order valence-corrected chi connectivity index (χ4v) is 4.76. The van der Waals surface area contributed by atoms with Gasteiger partial charge in [0.05, 0.1) is 22.9 Å². The molecular weight excluding hydrogens is 326 g/mol. The smallest absolute Gasteiger partial charge is 0.255 e. The Morgan fingerprint density at radius 2 is 2.08 bits per heavy atom. The third-order valence-electron chi connectivity index (χ3n) is 5.89. The number of anilines is 1. The van der Waals surface area contributed by atoms with Crippen molar-refractivity contribution in [2.24, 2.45) is 0 Å². The van der Waals surface area contributed by atoms with E-state index in [9.17, 15) is 4.79 Å². The number of fused-ring (bicyclic) bond motifs is 3. The number of piperidine rings is 2. The number of hydrogen-bond donors (Lipinski definition) is 2. The van der Waals surface area contributed by atoms with Gasteiger partial charge < -0.3 is 20.7 Å². The van der Waals surface area contributed by atoms with Gasteiger partial charge in [0.1, 0.15) is 5.75 Å². The Morgan fingerprint density at radius 1 is 1.38 bits per heavy atom. The molecule has 2 saturated heterocycles. The Hall–Kier alpha value is -1.46. The monoisotopic (exact) mass is 349 g/mol. The quantitative estimate of drug-likeness (QED) is 0.805. The number of nitrogens with two attached hydrogens (primary N) is 1. The second-order valence-corrected chi connectivity index (χ2v) is 7.68. The maximum Gasteiger partial charge on any atom is 0.255 e. The Balaban J connectivity index is 1.53. The van der Waals surface area contributed by atoms with Crippen LogP contribution < -0.4 is 15.8 Å². The van der Waals surface area contributed by atoms with Crippen LogP contribution in [0.2, 0.25) is 5.02 Å². The molecule has 3 aliphatic rings. The fraction of sp³-hybridized carbons (Fsp3) is 0.611. The van der Waals surface area contributed by atoms with E-state index >= 15 is 0 Å². The summed E-state index contributed by atoms with van der Waals surface area (Å²) in [6.45, 7) is 0.554. The molecule has 130 valence electrons. The number of benzene rings is 1. The molecule has 6 heteroatoms. The normalized spacial score (nSPS) is 29.0. The van der Waals surface area contributed by atoms with Crippen molar-refractivity contribution in [1.29, 1.82) is 0 Å². The summed E-state index contributed by atoms with van der Waals surface area (Å²) in [7, 11) is 2.22. The number of nitrogens with zero attached hydrogens (tertiary/aromatic N) is 1. The zero-order valence-electron chi connectivity index (χ0n) is 14.0. The number of nitrogens with one attached hydrogen (secondary N) is 1. The lowest BCUT2D eigenvalue weighted by Crippen LogP contribution is -2.55. The van der Waals surface area contributed by atoms with Gasteiger partial charge in [-0.1, -0.05) is 18.0 Å². The van der Waals surface area contributed by atoms with Crippen molar-refractivity contribution in [3.05, 3.63) is 22.2 Å². The standard InChI is InChI=1S/C18H24ClN3O2/c1-22-11-3-2-4-12(22)8-10(7-11)21-18(23)14-9-15(19)16(20)13-5-6-24-17(13)14/h9-12H,2-8,20H2,1H3,(H,21,23)/t10?,11-,12+. The van der Waals surface area contributed by atoms with Gasteiger partial charge in [-0.05, 0) is 38.8 Å². The molecule has 0 spiro atoms. The van der Waals surface area contributed by atoms with Gasteiger partial charge in [-0.25, -0.2) is 0 Å². The van der Waals surface area contributed by atoms with Crippen LogP contribution in [0.25, 0.3) is 0 Å². The number of carbonyl (C=O) groups is 1. The first kappa shape index (κ1) is 16.0. The largest absolute Gasteiger partial charge is 0.492 e. The molecule has 3 heterocycles. The van der Waals surface area contributed by atoms with E-state index in [1.807, 2.05) is 0 Å². The first-order valence-electron chi connectivity index (χ1n) is 8.81. The van der Waals surface area contributed by atoms with Gasteiger partial charge >= 0.3 is 0 Å². The van der Waals surface area contributed by atoms with E-state index in [4.69, 9.17) is 22.1 Å². The van der Waals surface area contributed by atoms with Crippen LogP contribution in [0.15, 0.2) is 6.07 Å². The number of rotatable bonds is 2. The summed E-state index contributed by atoms with van der Waals surface area (Å²) in [6.07, 6.45) is 6.50. The van der Waals surface area contributed by atoms with E-state index in [0.29, 0.717) is 47.1 Å². The summed E-state index contributed by atoms with van der Waals surface area (Å²) in [4.78, 5) is 15.3. The zero-order chi connectivity index (χ0) is 16.8. The highest BCUT2D eigenvalue weighted by Crippen LogP contribution is 2.39. The van der Waals surface area contributed by atoms with Crippen LogP contribution in [-0.2, 0) is 6.42 Å². The lowest BCUT2D eigenvalue weighted by molar-refractivity contribution is 0.0462. The predicted octanol–water partition coefficient (Wildman–Crippen LogP) is 2.60. The molecule has 0 aliphatic carbocycles. The average Bonchev–Trinajstić information content (AvgIpc) is 3.01. The van der Waals surface area contributed by atoms with Gasteiger partial charge in [0.15, 0.2) is 0 Å². The van der Waals surface area contributed by atoms with Gasteiger partial charge in [0.25, 0.3) is 5.91 Å². The second-order valence-electron chi connectivity index (χ2n) is 7.27. The van der Waals surface area contributed by atoms with Crippen molar-refractivity contribution < 1.29 is 9.53 Å². The Labute approximate surface area is 147 Å². The first-order valence-corrected chi connectivity index (χ1v) is 9.19. The Morgan fingerprint density at radius 3 is 2.79 bits per heavy atom. The van der Waals surface area contributed by atoms with Crippen LogP contribution in [0.1, 0.15) is 48.0 Å². The molecule has 1 unspecified atom stereocenters. The number of carbonyl (C=O) groups excluding carboxylic acids is 1. The summed E-state index contributed by atoms with van der Waals surface area (Å²) < 4.78 is 5.66. The molecule has 1 aromatic carbocycles. The average molecular weight is 350 g/mol. The molecule has 2 fully saturated rings. The van der Waals surface area contributed by atoms with E-state index in [0.717, 1.165) is 18.4 Å². The van der Waals surface area contributed by atoms with Gasteiger partial charge in [0.2, 0.25) is 0 Å². The SMILES string of the molecule is CN1[C@@H]2CCC[C@H]1CC(NC(=O)c1cc(Cl)c(N)c3c1OCC3)C2. The summed E-state index contributed by atoms with van der Waals surface area (Å²) in [5.74, 6) is 0.519. The van der Waals surface area contributed by atoms with E-state index in [2.05, 4.69) is 17.3 Å². The van der Waals surface area contributed by atoms with Crippen molar-refractivity contribution in [2.75, 3.05) is 19.4 Å². The van der Waals surface area contributed by atoms with Crippen molar-refractivity contribution in [3.8, 4) is 5.75 Å². The van der Waals surface area contributed by atoms with Gasteiger partial charge in [-0.2, -0.15) is 0 Å². The zero-order valence-corrected chi connectivity index (χ0v) is 14.7. The van der Waals surface area contributed by atoms with Crippen LogP contribution in [0, 0.1) is 0 Å². The number of nitrogen functional groups attached to an aromatic ring is 1. The number of halogens is 1. The van der Waals surface area contributed by atoms with E-state index < -0.39 is 0 Å². The minimum Gasteiger partial charge on any atom is -0.492 e. The van der Waals surface area contributed by atoms with Crippen molar-refractivity contribution in [2.45, 2.75) is 56.7 Å². The maximum atomic E-state index is 12.8. The van der Waals surface area contributed by atoms with Crippen LogP contribution in [0.4, 0.5) is 5.69 Å². The summed E-state index contributed by atoms with van der Waals surface area (Å²) in [5, 5.41) is 3.65. The molecule has 5 nitrogen and oxygen atoms in total. The molecule has 24 heavy (non-hydrogen) atoms. The molecule has 1 amide bonds.